The summed E-state index contributed by atoms with van der Waals surface area (Å²) in [5, 5.41) is 7.96. The maximum absolute atomic E-state index is 12.5. The number of amides is 3. The maximum atomic E-state index is 12.5. The highest BCUT2D eigenvalue weighted by molar-refractivity contribution is 7.09. The number of nitrogens with zero attached hydrogens (tertiary/aromatic N) is 1. The number of rotatable bonds is 5. The second kappa shape index (κ2) is 8.51. The molecule has 2 heterocycles. The van der Waals surface area contributed by atoms with Gasteiger partial charge in [-0.15, -0.1) is 11.3 Å². The van der Waals surface area contributed by atoms with Gasteiger partial charge in [-0.3, -0.25) is 4.79 Å². The molecule has 24 heavy (non-hydrogen) atoms. The number of hydrogen-bond donors (Lipinski definition) is 2. The fourth-order valence-corrected chi connectivity index (χ4v) is 4.39. The van der Waals surface area contributed by atoms with Crippen LogP contribution in [0.5, 0.6) is 0 Å². The fourth-order valence-electron chi connectivity index (χ4n) is 3.68. The van der Waals surface area contributed by atoms with Crippen molar-refractivity contribution in [2.24, 2.45) is 5.92 Å². The van der Waals surface area contributed by atoms with Crippen LogP contribution >= 0.6 is 11.3 Å². The molecule has 132 valence electrons. The smallest absolute Gasteiger partial charge is 0.315 e. The van der Waals surface area contributed by atoms with Gasteiger partial charge in [-0.25, -0.2) is 4.79 Å². The predicted octanol–water partition coefficient (Wildman–Crippen LogP) is 2.77. The molecule has 1 aromatic rings. The van der Waals surface area contributed by atoms with Crippen LogP contribution in [0.25, 0.3) is 0 Å². The zero-order valence-corrected chi connectivity index (χ0v) is 14.9. The number of likely N-dealkylation sites (tertiary alicyclic amines) is 1. The Morgan fingerprint density at radius 1 is 1.21 bits per heavy atom. The average molecular weight is 350 g/mol. The van der Waals surface area contributed by atoms with E-state index in [0.29, 0.717) is 19.0 Å². The topological polar surface area (TPSA) is 61.4 Å². The van der Waals surface area contributed by atoms with Gasteiger partial charge >= 0.3 is 6.03 Å². The van der Waals surface area contributed by atoms with E-state index in [0.717, 1.165) is 32.2 Å². The lowest BCUT2D eigenvalue weighted by molar-refractivity contribution is -0.135. The third-order valence-electron chi connectivity index (χ3n) is 5.03. The van der Waals surface area contributed by atoms with E-state index >= 15 is 0 Å². The van der Waals surface area contributed by atoms with Crippen molar-refractivity contribution in [2.45, 2.75) is 51.0 Å². The van der Waals surface area contributed by atoms with Crippen molar-refractivity contribution in [3.05, 3.63) is 22.4 Å². The summed E-state index contributed by atoms with van der Waals surface area (Å²) in [6.07, 6.45) is 7.42. The molecule has 1 atom stereocenters. The van der Waals surface area contributed by atoms with Gasteiger partial charge in [0.15, 0.2) is 0 Å². The van der Waals surface area contributed by atoms with Crippen molar-refractivity contribution in [1.29, 1.82) is 0 Å². The molecule has 1 aliphatic carbocycles. The molecule has 2 aliphatic rings. The van der Waals surface area contributed by atoms with Crippen LogP contribution in [0.4, 0.5) is 4.79 Å². The summed E-state index contributed by atoms with van der Waals surface area (Å²) in [5.41, 5.74) is 0. The van der Waals surface area contributed by atoms with Gasteiger partial charge in [-0.05, 0) is 37.1 Å². The SMILES string of the molecule is O=C(NCCc1cccs1)N[C@@H]1CCN(C(=O)C2CCCCC2)C1. The summed E-state index contributed by atoms with van der Waals surface area (Å²) in [4.78, 5) is 27.7. The Hall–Kier alpha value is -1.56. The van der Waals surface area contributed by atoms with Crippen LogP contribution in [0.1, 0.15) is 43.4 Å². The summed E-state index contributed by atoms with van der Waals surface area (Å²) in [7, 11) is 0. The van der Waals surface area contributed by atoms with Crippen LogP contribution in [0, 0.1) is 5.92 Å². The number of hydrogen-bond acceptors (Lipinski definition) is 3. The second-order valence-electron chi connectivity index (χ2n) is 6.83. The lowest BCUT2D eigenvalue weighted by Gasteiger charge is -2.26. The summed E-state index contributed by atoms with van der Waals surface area (Å²) in [6, 6.07) is 4.06. The molecule has 1 aliphatic heterocycles. The number of carbonyl (C=O) groups excluding carboxylic acids is 2. The molecule has 5 nitrogen and oxygen atoms in total. The van der Waals surface area contributed by atoms with Crippen LogP contribution < -0.4 is 10.6 Å². The minimum absolute atomic E-state index is 0.0827. The third kappa shape index (κ3) is 4.72. The van der Waals surface area contributed by atoms with Gasteiger partial charge in [0.1, 0.15) is 0 Å². The van der Waals surface area contributed by atoms with Gasteiger partial charge in [0.2, 0.25) is 5.91 Å². The Bertz CT molecular complexity index is 540. The predicted molar refractivity (Wildman–Crippen MR) is 96.1 cm³/mol. The zero-order chi connectivity index (χ0) is 16.8. The first-order chi connectivity index (χ1) is 11.7. The Balaban J connectivity index is 1.36. The van der Waals surface area contributed by atoms with Gasteiger partial charge in [0.05, 0.1) is 0 Å². The van der Waals surface area contributed by atoms with Crippen LogP contribution in [0.2, 0.25) is 0 Å². The Kier molecular flexibility index (Phi) is 6.12. The zero-order valence-electron chi connectivity index (χ0n) is 14.1. The standard InChI is InChI=1S/C18H27N3O2S/c22-17(14-5-2-1-3-6-14)21-11-9-15(13-21)20-18(23)19-10-8-16-7-4-12-24-16/h4,7,12,14-15H,1-3,5-6,8-11,13H2,(H2,19,20,23)/t15-/m1/s1. The normalized spacial score (nSPS) is 21.7. The van der Waals surface area contributed by atoms with E-state index in [9.17, 15) is 9.59 Å². The molecule has 2 N–H and O–H groups in total. The number of nitrogens with one attached hydrogen (secondary N) is 2. The Morgan fingerprint density at radius 2 is 2.04 bits per heavy atom. The molecule has 1 aromatic heterocycles. The molecule has 2 fully saturated rings. The number of thiophene rings is 1. The molecule has 0 bridgehead atoms. The lowest BCUT2D eigenvalue weighted by Crippen LogP contribution is -2.45. The molecule has 0 unspecified atom stereocenters. The van der Waals surface area contributed by atoms with Crippen molar-refractivity contribution < 1.29 is 9.59 Å². The summed E-state index contributed by atoms with van der Waals surface area (Å²) in [6.45, 7) is 2.08. The van der Waals surface area contributed by atoms with E-state index in [4.69, 9.17) is 0 Å². The average Bonchev–Trinajstić information content (AvgIpc) is 3.27. The highest BCUT2D eigenvalue weighted by Gasteiger charge is 2.31. The van der Waals surface area contributed by atoms with Crippen molar-refractivity contribution in [2.75, 3.05) is 19.6 Å². The first-order valence-corrected chi connectivity index (χ1v) is 9.96. The molecule has 6 heteroatoms. The van der Waals surface area contributed by atoms with Crippen molar-refractivity contribution in [1.82, 2.24) is 15.5 Å². The van der Waals surface area contributed by atoms with Gasteiger partial charge in [-0.1, -0.05) is 25.3 Å². The third-order valence-corrected chi connectivity index (χ3v) is 5.96. The van der Waals surface area contributed by atoms with Gasteiger partial charge in [-0.2, -0.15) is 0 Å². The molecule has 1 saturated heterocycles. The largest absolute Gasteiger partial charge is 0.340 e. The fraction of sp³-hybridized carbons (Fsp3) is 0.667. The van der Waals surface area contributed by atoms with Gasteiger partial charge in [0.25, 0.3) is 0 Å². The van der Waals surface area contributed by atoms with Crippen molar-refractivity contribution in [3.63, 3.8) is 0 Å². The molecule has 3 amide bonds. The highest BCUT2D eigenvalue weighted by atomic mass is 32.1. The molecule has 0 aromatic carbocycles. The van der Waals surface area contributed by atoms with E-state index in [-0.39, 0.29) is 18.0 Å². The van der Waals surface area contributed by atoms with Crippen molar-refractivity contribution >= 4 is 23.3 Å². The monoisotopic (exact) mass is 349 g/mol. The Morgan fingerprint density at radius 3 is 2.79 bits per heavy atom. The maximum Gasteiger partial charge on any atom is 0.315 e. The highest BCUT2D eigenvalue weighted by Crippen LogP contribution is 2.26. The minimum atomic E-state index is -0.122. The second-order valence-corrected chi connectivity index (χ2v) is 7.87. The van der Waals surface area contributed by atoms with Crippen molar-refractivity contribution in [3.8, 4) is 0 Å². The van der Waals surface area contributed by atoms with E-state index in [1.165, 1.54) is 24.1 Å². The van der Waals surface area contributed by atoms with Crippen LogP contribution in [0.15, 0.2) is 17.5 Å². The molecule has 0 spiro atoms. The molecule has 0 radical (unpaired) electrons. The quantitative estimate of drug-likeness (QED) is 0.859. The van der Waals surface area contributed by atoms with E-state index < -0.39 is 0 Å². The van der Waals surface area contributed by atoms with Crippen LogP contribution in [-0.4, -0.2) is 42.5 Å². The lowest BCUT2D eigenvalue weighted by atomic mass is 9.88. The van der Waals surface area contributed by atoms with E-state index in [2.05, 4.69) is 16.7 Å². The molecular formula is C18H27N3O2S. The first kappa shape index (κ1) is 17.3. The summed E-state index contributed by atoms with van der Waals surface area (Å²) >= 11 is 1.71. The van der Waals surface area contributed by atoms with Crippen LogP contribution in [0.3, 0.4) is 0 Å². The van der Waals surface area contributed by atoms with E-state index in [1.54, 1.807) is 11.3 Å². The van der Waals surface area contributed by atoms with Gasteiger partial charge in [0, 0.05) is 36.5 Å². The summed E-state index contributed by atoms with van der Waals surface area (Å²) in [5.74, 6) is 0.522. The molecule has 1 saturated carbocycles. The number of carbonyl (C=O) groups is 2. The minimum Gasteiger partial charge on any atom is -0.340 e. The van der Waals surface area contributed by atoms with Gasteiger partial charge < -0.3 is 15.5 Å². The van der Waals surface area contributed by atoms with Crippen LogP contribution in [-0.2, 0) is 11.2 Å². The first-order valence-electron chi connectivity index (χ1n) is 9.08. The molecular weight excluding hydrogens is 322 g/mol. The van der Waals surface area contributed by atoms with E-state index in [1.807, 2.05) is 16.3 Å². The summed E-state index contributed by atoms with van der Waals surface area (Å²) < 4.78 is 0. The molecule has 3 rings (SSSR count). The Labute approximate surface area is 147 Å². The number of urea groups is 1.